The number of thiazole rings is 1. The van der Waals surface area contributed by atoms with E-state index in [1.54, 1.807) is 0 Å². The van der Waals surface area contributed by atoms with Crippen LogP contribution in [0, 0.1) is 6.92 Å². The molecule has 2 aromatic rings. The zero-order valence-electron chi connectivity index (χ0n) is 15.8. The number of hydrogen-bond acceptors (Lipinski definition) is 7. The van der Waals surface area contributed by atoms with E-state index in [2.05, 4.69) is 20.5 Å². The van der Waals surface area contributed by atoms with E-state index in [0.29, 0.717) is 10.8 Å². The van der Waals surface area contributed by atoms with Crippen molar-refractivity contribution in [3.05, 3.63) is 34.8 Å². The van der Waals surface area contributed by atoms with Gasteiger partial charge < -0.3 is 20.3 Å². The molecular weight excluding hydrogens is 380 g/mol. The van der Waals surface area contributed by atoms with Gasteiger partial charge in [0.05, 0.1) is 0 Å². The number of rotatable bonds is 6. The summed E-state index contributed by atoms with van der Waals surface area (Å²) in [6.45, 7) is 4.98. The van der Waals surface area contributed by atoms with Gasteiger partial charge in [0, 0.05) is 36.8 Å². The summed E-state index contributed by atoms with van der Waals surface area (Å²) in [4.78, 5) is 41.4. The third-order valence-corrected chi connectivity index (χ3v) is 5.04. The molecular formula is C19H22N4O4S. The Bertz CT molecular complexity index is 890. The molecule has 0 aliphatic carbocycles. The molecule has 148 valence electrons. The molecule has 0 unspecified atom stereocenters. The minimum Gasteiger partial charge on any atom is -0.451 e. The molecule has 0 radical (unpaired) electrons. The maximum absolute atomic E-state index is 12.1. The van der Waals surface area contributed by atoms with E-state index >= 15 is 0 Å². The molecule has 2 amide bonds. The van der Waals surface area contributed by atoms with Crippen molar-refractivity contribution in [1.82, 2.24) is 4.98 Å². The van der Waals surface area contributed by atoms with Crippen molar-refractivity contribution >= 4 is 45.6 Å². The summed E-state index contributed by atoms with van der Waals surface area (Å²) in [5.41, 5.74) is 2.83. The normalized spacial score (nSPS) is 13.3. The number of nitrogens with zero attached hydrogens (tertiary/aromatic N) is 2. The fraction of sp³-hybridized carbons (Fsp3) is 0.368. The van der Waals surface area contributed by atoms with Gasteiger partial charge in [-0.25, -0.2) is 9.78 Å². The van der Waals surface area contributed by atoms with Crippen LogP contribution in [-0.4, -0.2) is 42.5 Å². The highest BCUT2D eigenvalue weighted by molar-refractivity contribution is 7.14. The zero-order valence-corrected chi connectivity index (χ0v) is 16.6. The number of carbonyl (C=O) groups is 3. The van der Waals surface area contributed by atoms with Crippen molar-refractivity contribution in [2.24, 2.45) is 0 Å². The molecule has 2 heterocycles. The SMILES string of the molecule is CC(=O)Nc1nc(C(=O)OCC(=O)Nc2ccc(N3CCCC3)cc2C)cs1. The van der Waals surface area contributed by atoms with Crippen LogP contribution < -0.4 is 15.5 Å². The molecule has 1 aliphatic heterocycles. The van der Waals surface area contributed by atoms with Crippen LogP contribution in [-0.2, 0) is 14.3 Å². The number of aryl methyl sites for hydroxylation is 1. The van der Waals surface area contributed by atoms with Gasteiger partial charge in [0.15, 0.2) is 17.4 Å². The molecule has 0 spiro atoms. The van der Waals surface area contributed by atoms with E-state index in [1.807, 2.05) is 25.1 Å². The number of benzene rings is 1. The Morgan fingerprint density at radius 1 is 1.21 bits per heavy atom. The second kappa shape index (κ2) is 8.83. The number of esters is 1. The monoisotopic (exact) mass is 402 g/mol. The van der Waals surface area contributed by atoms with Crippen LogP contribution >= 0.6 is 11.3 Å². The lowest BCUT2D eigenvalue weighted by molar-refractivity contribution is -0.119. The molecule has 1 saturated heterocycles. The first-order valence-corrected chi connectivity index (χ1v) is 9.86. The molecule has 1 fully saturated rings. The summed E-state index contributed by atoms with van der Waals surface area (Å²) in [6.07, 6.45) is 2.41. The van der Waals surface area contributed by atoms with Gasteiger partial charge in [-0.3, -0.25) is 9.59 Å². The smallest absolute Gasteiger partial charge is 0.358 e. The van der Waals surface area contributed by atoms with E-state index in [4.69, 9.17) is 4.74 Å². The third-order valence-electron chi connectivity index (χ3n) is 4.29. The Balaban J connectivity index is 1.51. The summed E-state index contributed by atoms with van der Waals surface area (Å²) >= 11 is 1.11. The van der Waals surface area contributed by atoms with Crippen LogP contribution in [0.15, 0.2) is 23.6 Å². The van der Waals surface area contributed by atoms with E-state index < -0.39 is 18.5 Å². The van der Waals surface area contributed by atoms with E-state index in [1.165, 1.54) is 25.1 Å². The average molecular weight is 402 g/mol. The summed E-state index contributed by atoms with van der Waals surface area (Å²) in [7, 11) is 0. The van der Waals surface area contributed by atoms with Crippen molar-refractivity contribution in [2.75, 3.05) is 35.2 Å². The third kappa shape index (κ3) is 5.07. The molecule has 8 nitrogen and oxygen atoms in total. The van der Waals surface area contributed by atoms with Crippen molar-refractivity contribution in [3.8, 4) is 0 Å². The predicted octanol–water partition coefficient (Wildman–Crippen LogP) is 2.81. The van der Waals surface area contributed by atoms with Gasteiger partial charge >= 0.3 is 5.97 Å². The van der Waals surface area contributed by atoms with Crippen molar-refractivity contribution in [3.63, 3.8) is 0 Å². The Kier molecular flexibility index (Phi) is 6.25. The lowest BCUT2D eigenvalue weighted by atomic mass is 10.1. The second-order valence-corrected chi connectivity index (χ2v) is 7.39. The number of amides is 2. The molecule has 2 N–H and O–H groups in total. The number of aromatic nitrogens is 1. The maximum Gasteiger partial charge on any atom is 0.358 e. The van der Waals surface area contributed by atoms with Crippen LogP contribution in [0.25, 0.3) is 0 Å². The second-order valence-electron chi connectivity index (χ2n) is 6.54. The molecule has 1 aliphatic rings. The van der Waals surface area contributed by atoms with Gasteiger partial charge in [-0.1, -0.05) is 0 Å². The van der Waals surface area contributed by atoms with Crippen molar-refractivity contribution < 1.29 is 19.1 Å². The first kappa shape index (κ1) is 19.8. The van der Waals surface area contributed by atoms with Crippen LogP contribution in [0.1, 0.15) is 35.8 Å². The molecule has 28 heavy (non-hydrogen) atoms. The highest BCUT2D eigenvalue weighted by atomic mass is 32.1. The van der Waals surface area contributed by atoms with Crippen LogP contribution in [0.2, 0.25) is 0 Å². The minimum absolute atomic E-state index is 0.0488. The van der Waals surface area contributed by atoms with Gasteiger partial charge in [-0.05, 0) is 43.5 Å². The summed E-state index contributed by atoms with van der Waals surface area (Å²) in [6, 6.07) is 5.90. The number of hydrogen-bond donors (Lipinski definition) is 2. The highest BCUT2D eigenvalue weighted by Gasteiger charge is 2.16. The molecule has 0 saturated carbocycles. The highest BCUT2D eigenvalue weighted by Crippen LogP contribution is 2.25. The lowest BCUT2D eigenvalue weighted by Gasteiger charge is -2.19. The summed E-state index contributed by atoms with van der Waals surface area (Å²) in [5, 5.41) is 7.01. The Hall–Kier alpha value is -2.94. The van der Waals surface area contributed by atoms with E-state index in [-0.39, 0.29) is 11.6 Å². The summed E-state index contributed by atoms with van der Waals surface area (Å²) < 4.78 is 5.00. The summed E-state index contributed by atoms with van der Waals surface area (Å²) in [5.74, 6) is -1.42. The molecule has 1 aromatic carbocycles. The molecule has 0 atom stereocenters. The largest absolute Gasteiger partial charge is 0.451 e. The number of carbonyl (C=O) groups excluding carboxylic acids is 3. The van der Waals surface area contributed by atoms with Crippen molar-refractivity contribution in [2.45, 2.75) is 26.7 Å². The van der Waals surface area contributed by atoms with Gasteiger partial charge in [-0.15, -0.1) is 11.3 Å². The lowest BCUT2D eigenvalue weighted by Crippen LogP contribution is -2.22. The topological polar surface area (TPSA) is 101 Å². The Morgan fingerprint density at radius 3 is 2.64 bits per heavy atom. The fourth-order valence-corrected chi connectivity index (χ4v) is 3.65. The van der Waals surface area contributed by atoms with E-state index in [0.717, 1.165) is 35.7 Å². The fourth-order valence-electron chi connectivity index (χ4n) is 2.93. The van der Waals surface area contributed by atoms with Crippen molar-refractivity contribution in [1.29, 1.82) is 0 Å². The molecule has 3 rings (SSSR count). The van der Waals surface area contributed by atoms with Gasteiger partial charge in [0.25, 0.3) is 5.91 Å². The zero-order chi connectivity index (χ0) is 20.1. The van der Waals surface area contributed by atoms with E-state index in [9.17, 15) is 14.4 Å². The number of anilines is 3. The molecule has 0 bridgehead atoms. The number of nitrogens with one attached hydrogen (secondary N) is 2. The van der Waals surface area contributed by atoms with Gasteiger partial charge in [-0.2, -0.15) is 0 Å². The molecule has 9 heteroatoms. The predicted molar refractivity (Wildman–Crippen MR) is 108 cm³/mol. The first-order valence-electron chi connectivity index (χ1n) is 8.98. The first-order chi connectivity index (χ1) is 13.4. The Labute approximate surface area is 166 Å². The number of ether oxygens (including phenoxy) is 1. The van der Waals surface area contributed by atoms with Gasteiger partial charge in [0.2, 0.25) is 5.91 Å². The van der Waals surface area contributed by atoms with Gasteiger partial charge in [0.1, 0.15) is 0 Å². The van der Waals surface area contributed by atoms with Crippen LogP contribution in [0.4, 0.5) is 16.5 Å². The minimum atomic E-state index is -0.718. The molecule has 1 aromatic heterocycles. The average Bonchev–Trinajstić information content (AvgIpc) is 3.33. The standard InChI is InChI=1S/C19H22N4O4S/c1-12-9-14(23-7-3-4-8-23)5-6-15(12)21-17(25)10-27-18(26)16-11-28-19(22-16)20-13(2)24/h5-6,9,11H,3-4,7-8,10H2,1-2H3,(H,21,25)(H,20,22,24). The van der Waals surface area contributed by atoms with Crippen LogP contribution in [0.5, 0.6) is 0 Å². The Morgan fingerprint density at radius 2 is 1.96 bits per heavy atom. The van der Waals surface area contributed by atoms with Crippen LogP contribution in [0.3, 0.4) is 0 Å². The maximum atomic E-state index is 12.1. The quantitative estimate of drug-likeness (QED) is 0.721.